The number of anilines is 1. The van der Waals surface area contributed by atoms with Crippen molar-refractivity contribution in [3.05, 3.63) is 63.9 Å². The van der Waals surface area contributed by atoms with Crippen LogP contribution in [0.4, 0.5) is 5.69 Å². The standard InChI is InChI=1S/C25H22Cl2N4O3S2/c1-12(2)35-24-21(16-7-10-18(26)19(27)11-16)29-25(36-24)31-22(23(33)34)20(13(3)30-31)15-5-8-17(9-6-15)28-14(4)32/h5-12H,1-4H3,(H,28,32)(H,33,34). The molecule has 0 spiro atoms. The number of carbonyl (C=O) groups excluding carboxylic acids is 1. The Morgan fingerprint density at radius 3 is 2.33 bits per heavy atom. The number of nitrogens with zero attached hydrogens (tertiary/aromatic N) is 3. The van der Waals surface area contributed by atoms with Gasteiger partial charge in [-0.2, -0.15) is 9.78 Å². The number of thioether (sulfide) groups is 1. The number of carboxylic acid groups (broad SMARTS) is 1. The monoisotopic (exact) mass is 560 g/mol. The summed E-state index contributed by atoms with van der Waals surface area (Å²) in [6, 6.07) is 12.3. The maximum absolute atomic E-state index is 12.5. The summed E-state index contributed by atoms with van der Waals surface area (Å²) in [5, 5.41) is 19.0. The average molecular weight is 562 g/mol. The zero-order valence-electron chi connectivity index (χ0n) is 19.8. The SMILES string of the molecule is CC(=O)Nc1ccc(-c2c(C)nn(-c3nc(-c4ccc(Cl)c(Cl)c4)c(SC(C)C)s3)c2C(=O)O)cc1. The van der Waals surface area contributed by atoms with E-state index in [0.29, 0.717) is 43.4 Å². The lowest BCUT2D eigenvalue weighted by atomic mass is 10.0. The first-order chi connectivity index (χ1) is 17.0. The lowest BCUT2D eigenvalue weighted by molar-refractivity contribution is -0.114. The highest BCUT2D eigenvalue weighted by atomic mass is 35.5. The Bertz CT molecular complexity index is 1460. The van der Waals surface area contributed by atoms with Gasteiger partial charge in [0.2, 0.25) is 11.0 Å². The number of hydrogen-bond acceptors (Lipinski definition) is 6. The molecule has 0 aliphatic rings. The maximum Gasteiger partial charge on any atom is 0.355 e. The third kappa shape index (κ3) is 5.44. The number of aromatic carboxylic acids is 1. The summed E-state index contributed by atoms with van der Waals surface area (Å²) in [7, 11) is 0. The highest BCUT2D eigenvalue weighted by Crippen LogP contribution is 2.42. The number of aryl methyl sites for hydroxylation is 1. The van der Waals surface area contributed by atoms with Crippen LogP contribution in [0.15, 0.2) is 46.7 Å². The zero-order valence-corrected chi connectivity index (χ0v) is 22.9. The summed E-state index contributed by atoms with van der Waals surface area (Å²) in [4.78, 5) is 28.6. The lowest BCUT2D eigenvalue weighted by Gasteiger charge is -2.06. The number of hydrogen-bond donors (Lipinski definition) is 2. The molecule has 2 heterocycles. The van der Waals surface area contributed by atoms with Crippen LogP contribution in [0, 0.1) is 6.92 Å². The van der Waals surface area contributed by atoms with Crippen molar-refractivity contribution < 1.29 is 14.7 Å². The molecule has 0 atom stereocenters. The molecule has 0 saturated heterocycles. The van der Waals surface area contributed by atoms with Crippen LogP contribution < -0.4 is 5.32 Å². The highest BCUT2D eigenvalue weighted by Gasteiger charge is 2.27. The molecule has 0 bridgehead atoms. The number of benzene rings is 2. The third-order valence-corrected chi connectivity index (χ3v) is 8.04. The van der Waals surface area contributed by atoms with E-state index in [9.17, 15) is 14.7 Å². The Morgan fingerprint density at radius 2 is 1.75 bits per heavy atom. The molecule has 36 heavy (non-hydrogen) atoms. The molecule has 11 heteroatoms. The van der Waals surface area contributed by atoms with Crippen LogP contribution in [0.2, 0.25) is 10.0 Å². The second kappa shape index (κ2) is 10.6. The highest BCUT2D eigenvalue weighted by molar-refractivity contribution is 8.01. The normalized spacial score (nSPS) is 11.2. The molecular weight excluding hydrogens is 539 g/mol. The number of carboxylic acids is 1. The van der Waals surface area contributed by atoms with Gasteiger partial charge < -0.3 is 10.4 Å². The van der Waals surface area contributed by atoms with E-state index in [4.69, 9.17) is 28.2 Å². The first-order valence-corrected chi connectivity index (χ1v) is 13.3. The number of thiazole rings is 1. The minimum absolute atomic E-state index is 0.00955. The molecular formula is C25H22Cl2N4O3S2. The molecule has 0 aliphatic heterocycles. The first-order valence-electron chi connectivity index (χ1n) is 10.9. The summed E-state index contributed by atoms with van der Waals surface area (Å²) < 4.78 is 2.30. The van der Waals surface area contributed by atoms with E-state index >= 15 is 0 Å². The number of aromatic nitrogens is 3. The van der Waals surface area contributed by atoms with E-state index in [1.165, 1.54) is 22.9 Å². The molecule has 0 aliphatic carbocycles. The van der Waals surface area contributed by atoms with Gasteiger partial charge in [0.15, 0.2) is 5.69 Å². The molecule has 0 unspecified atom stereocenters. The Kier molecular flexibility index (Phi) is 7.75. The Hall–Kier alpha value is -2.85. The van der Waals surface area contributed by atoms with Gasteiger partial charge in [-0.1, -0.05) is 66.6 Å². The Morgan fingerprint density at radius 1 is 1.08 bits per heavy atom. The van der Waals surface area contributed by atoms with Gasteiger partial charge in [0.25, 0.3) is 0 Å². The summed E-state index contributed by atoms with van der Waals surface area (Å²) in [5.41, 5.74) is 3.81. The summed E-state index contributed by atoms with van der Waals surface area (Å²) >= 11 is 15.4. The van der Waals surface area contributed by atoms with Crippen molar-refractivity contribution in [3.8, 4) is 27.5 Å². The molecule has 7 nitrogen and oxygen atoms in total. The Labute approximate surface area is 226 Å². The van der Waals surface area contributed by atoms with Crippen LogP contribution in [0.25, 0.3) is 27.5 Å². The van der Waals surface area contributed by atoms with E-state index < -0.39 is 5.97 Å². The van der Waals surface area contributed by atoms with E-state index in [0.717, 1.165) is 9.77 Å². The van der Waals surface area contributed by atoms with E-state index in [2.05, 4.69) is 24.3 Å². The molecule has 2 N–H and O–H groups in total. The fraction of sp³-hybridized carbons (Fsp3) is 0.200. The van der Waals surface area contributed by atoms with Crippen molar-refractivity contribution in [1.82, 2.24) is 14.8 Å². The predicted octanol–water partition coefficient (Wildman–Crippen LogP) is 7.44. The van der Waals surface area contributed by atoms with E-state index in [1.807, 2.05) is 6.07 Å². The lowest BCUT2D eigenvalue weighted by Crippen LogP contribution is -2.09. The smallest absolute Gasteiger partial charge is 0.355 e. The van der Waals surface area contributed by atoms with Gasteiger partial charge in [0.1, 0.15) is 0 Å². The predicted molar refractivity (Wildman–Crippen MR) is 147 cm³/mol. The van der Waals surface area contributed by atoms with Gasteiger partial charge >= 0.3 is 5.97 Å². The molecule has 0 fully saturated rings. The van der Waals surface area contributed by atoms with Crippen molar-refractivity contribution in [3.63, 3.8) is 0 Å². The van der Waals surface area contributed by atoms with Gasteiger partial charge in [0.05, 0.1) is 25.6 Å². The van der Waals surface area contributed by atoms with Crippen LogP contribution >= 0.6 is 46.3 Å². The summed E-state index contributed by atoms with van der Waals surface area (Å²) in [6.07, 6.45) is 0. The van der Waals surface area contributed by atoms with Crippen LogP contribution in [-0.4, -0.2) is 37.0 Å². The second-order valence-corrected chi connectivity index (χ2v) is 11.8. The summed E-state index contributed by atoms with van der Waals surface area (Å²) in [5.74, 6) is -1.31. The third-order valence-electron chi connectivity index (χ3n) is 5.06. The number of nitrogens with one attached hydrogen (secondary N) is 1. The van der Waals surface area contributed by atoms with Crippen molar-refractivity contribution in [2.45, 2.75) is 37.2 Å². The largest absolute Gasteiger partial charge is 0.476 e. The van der Waals surface area contributed by atoms with Crippen LogP contribution in [0.1, 0.15) is 37.0 Å². The minimum atomic E-state index is -1.12. The van der Waals surface area contributed by atoms with Gasteiger partial charge in [-0.3, -0.25) is 4.79 Å². The topological polar surface area (TPSA) is 97.1 Å². The second-order valence-electron chi connectivity index (χ2n) is 8.21. The molecule has 1 amide bonds. The maximum atomic E-state index is 12.5. The molecule has 2 aromatic carbocycles. The quantitative estimate of drug-likeness (QED) is 0.228. The zero-order chi connectivity index (χ0) is 26.1. The summed E-state index contributed by atoms with van der Waals surface area (Å²) in [6.45, 7) is 7.34. The van der Waals surface area contributed by atoms with E-state index in [1.54, 1.807) is 55.1 Å². The molecule has 2 aromatic heterocycles. The minimum Gasteiger partial charge on any atom is -0.476 e. The number of amides is 1. The van der Waals surface area contributed by atoms with Crippen molar-refractivity contribution in [1.29, 1.82) is 0 Å². The van der Waals surface area contributed by atoms with Crippen molar-refractivity contribution in [2.75, 3.05) is 5.32 Å². The average Bonchev–Trinajstić information content (AvgIpc) is 3.36. The van der Waals surface area contributed by atoms with Crippen LogP contribution in [0.5, 0.6) is 0 Å². The fourth-order valence-corrected chi connectivity index (χ4v) is 6.41. The number of carbonyl (C=O) groups is 2. The Balaban J connectivity index is 1.85. The first kappa shape index (κ1) is 26.2. The molecule has 186 valence electrons. The van der Waals surface area contributed by atoms with Crippen molar-refractivity contribution >= 4 is 63.9 Å². The van der Waals surface area contributed by atoms with Crippen LogP contribution in [0.3, 0.4) is 0 Å². The van der Waals surface area contributed by atoms with Gasteiger partial charge in [-0.15, -0.1) is 11.8 Å². The number of rotatable bonds is 7. The fourth-order valence-electron chi connectivity index (χ4n) is 3.64. The molecule has 0 radical (unpaired) electrons. The molecule has 0 saturated carbocycles. The van der Waals surface area contributed by atoms with Gasteiger partial charge in [0, 0.05) is 29.0 Å². The van der Waals surface area contributed by atoms with Gasteiger partial charge in [-0.05, 0) is 36.8 Å². The molecule has 4 rings (SSSR count). The number of halogens is 2. The van der Waals surface area contributed by atoms with Gasteiger partial charge in [-0.25, -0.2) is 9.78 Å². The van der Waals surface area contributed by atoms with Crippen LogP contribution in [-0.2, 0) is 4.79 Å². The van der Waals surface area contributed by atoms with Crippen molar-refractivity contribution in [2.24, 2.45) is 0 Å². The molecule has 4 aromatic rings. The van der Waals surface area contributed by atoms with E-state index in [-0.39, 0.29) is 16.9 Å².